The van der Waals surface area contributed by atoms with Crippen LogP contribution in [0, 0.1) is 0 Å². The number of aromatic nitrogens is 12. The Morgan fingerprint density at radius 3 is 0.800 bits per heavy atom. The highest BCUT2D eigenvalue weighted by molar-refractivity contribution is 7.26. The van der Waals surface area contributed by atoms with E-state index in [-0.39, 0.29) is 0 Å². The number of thiophene rings is 2. The average molecular weight is 1950 g/mol. The van der Waals surface area contributed by atoms with Gasteiger partial charge in [-0.15, -0.1) is 22.7 Å². The van der Waals surface area contributed by atoms with E-state index in [4.69, 9.17) is 39.9 Å². The Balaban J connectivity index is 0.000000108. The summed E-state index contributed by atoms with van der Waals surface area (Å²) in [4.78, 5) is 39.9. The molecule has 9 heterocycles. The molecule has 0 amide bonds. The molecule has 9 aromatic heterocycles. The van der Waals surface area contributed by atoms with E-state index < -0.39 is 0 Å². The van der Waals surface area contributed by atoms with Gasteiger partial charge in [-0.25, -0.2) is 39.9 Å². The van der Waals surface area contributed by atoms with Crippen LogP contribution in [0.2, 0.25) is 0 Å². The summed E-state index contributed by atoms with van der Waals surface area (Å²) in [6.07, 6.45) is 0. The number of para-hydroxylation sites is 5. The molecule has 30 rings (SSSR count). The van der Waals surface area contributed by atoms with E-state index in [0.29, 0.717) is 40.8 Å². The van der Waals surface area contributed by atoms with Crippen molar-refractivity contribution >= 4 is 150 Å². The van der Waals surface area contributed by atoms with Crippen LogP contribution >= 0.6 is 22.7 Å². The molecule has 0 radical (unpaired) electrons. The summed E-state index contributed by atoms with van der Waals surface area (Å²) in [5.74, 6) is 4.58. The van der Waals surface area contributed by atoms with Gasteiger partial charge in [0.15, 0.2) is 40.8 Å². The maximum atomic E-state index is 5.11. The van der Waals surface area contributed by atoms with E-state index >= 15 is 0 Å². The van der Waals surface area contributed by atoms with Crippen LogP contribution in [0.1, 0.15) is 0 Å². The third-order valence-corrected chi connectivity index (χ3v) is 31.1. The summed E-state index contributed by atoms with van der Waals surface area (Å²) in [6, 6.07) is 184. The van der Waals surface area contributed by atoms with Gasteiger partial charge >= 0.3 is 0 Å². The predicted octanol–water partition coefficient (Wildman–Crippen LogP) is 35.7. The Labute approximate surface area is 870 Å². The molecule has 0 aliphatic rings. The molecule has 30 aromatic rings. The molecule has 0 saturated carbocycles. The summed E-state index contributed by atoms with van der Waals surface area (Å²) in [5.41, 5.74) is 29.2. The third-order valence-electron chi connectivity index (χ3n) is 28.6. The van der Waals surface area contributed by atoms with Crippen LogP contribution < -0.4 is 0 Å². The number of nitrogens with zero attached hydrogens (tertiary/aromatic N) is 12. The first-order valence-corrected chi connectivity index (χ1v) is 52.0. The smallest absolute Gasteiger partial charge is 0.164 e. The zero-order valence-corrected chi connectivity index (χ0v) is 82.5. The molecule has 0 saturated heterocycles. The maximum absolute atomic E-state index is 5.11. The molecular weight excluding hydrogens is 1870 g/mol. The molecule has 0 aliphatic carbocycles. The number of fused-ring (bicyclic) bond motifs is 18. The number of hydrogen-bond donors (Lipinski definition) is 0. The molecule has 0 aliphatic heterocycles. The van der Waals surface area contributed by atoms with Gasteiger partial charge in [0.05, 0.1) is 55.5 Å². The Morgan fingerprint density at radius 1 is 0.133 bits per heavy atom. The lowest BCUT2D eigenvalue weighted by Gasteiger charge is -2.12. The summed E-state index contributed by atoms with van der Waals surface area (Å²) >= 11 is 3.75. The normalized spacial score (nSPS) is 11.6. The molecule has 0 unspecified atom stereocenters. The van der Waals surface area contributed by atoms with Crippen molar-refractivity contribution in [2.45, 2.75) is 0 Å². The fraction of sp³-hybridized carbons (Fsp3) is 0. The van der Waals surface area contributed by atoms with Crippen LogP contribution in [0.3, 0.4) is 0 Å². The molecule has 702 valence electrons. The lowest BCUT2D eigenvalue weighted by atomic mass is 10.0. The van der Waals surface area contributed by atoms with Crippen molar-refractivity contribution in [2.75, 3.05) is 0 Å². The standard InChI is InChI=1S/C46H29N3S.C45H29N5.C45H28N4S/c1-3-13-30(14-4-1)40-29-41(31-15-5-2-6-16-31)48-46(47-40)33-17-11-18-34(27-33)49-42-23-9-7-19-36(42)39-28-32(25-26-43(39)49)35-21-12-22-38-37-20-8-10-24-44(37)50-45(35)38;1-3-14-30(15-4-1)43-46-44(31-16-5-2-6-17-31)48-45(47-43)32-18-13-19-33(28-32)49-41-25-12-9-22-37(41)38-29-34(26-27-42(38)49)50-39-23-10-7-20-35(39)36-21-8-11-24-40(36)50;1-3-12-29(13-4-1)43-46-44(30-14-5-2-6-15-30)48-45(47-43)31-22-25-33(26-23-31)49-39-20-9-7-16-35(39)36-27-24-32(28-40(36)49)34-18-11-19-38-37-17-8-10-21-41(37)50-42(34)38/h2*1-29H;1-28H. The number of hydrogen-bond acceptors (Lipinski definition) is 10. The molecule has 21 aromatic carbocycles. The van der Waals surface area contributed by atoms with Crippen LogP contribution in [-0.4, -0.2) is 58.1 Å². The van der Waals surface area contributed by atoms with Crippen molar-refractivity contribution in [1.82, 2.24) is 58.1 Å². The largest absolute Gasteiger partial charge is 0.309 e. The quantitative estimate of drug-likeness (QED) is 0.0994. The van der Waals surface area contributed by atoms with Gasteiger partial charge in [0.25, 0.3) is 0 Å². The SMILES string of the molecule is c1ccc(-c2cc(-c3ccccc3)nc(-c3cccc(-n4c5ccccc5c5cc(-c6cccc7c6sc6ccccc67)ccc54)c3)n2)cc1.c1ccc(-c2nc(-c3ccccc3)nc(-c3ccc(-n4c5ccccc5c5ccc(-c6cccc7c6sc6ccccc67)cc54)cc3)n2)cc1.c1ccc(-c2nc(-c3ccccc3)nc(-c3cccc(-n4c5ccccc5c5cc(-n6c7ccccc7c7ccccc76)ccc54)c3)n2)cc1. The van der Waals surface area contributed by atoms with E-state index in [1.807, 2.05) is 156 Å². The molecule has 0 bridgehead atoms. The zero-order valence-electron chi connectivity index (χ0n) is 80.8. The lowest BCUT2D eigenvalue weighted by molar-refractivity contribution is 1.07. The Morgan fingerprint density at radius 2 is 0.393 bits per heavy atom. The molecule has 0 atom stereocenters. The first kappa shape index (κ1) is 88.1. The van der Waals surface area contributed by atoms with E-state index in [1.165, 1.54) is 139 Å². The first-order chi connectivity index (χ1) is 74.4. The van der Waals surface area contributed by atoms with Gasteiger partial charge in [0, 0.05) is 156 Å². The van der Waals surface area contributed by atoms with E-state index in [1.54, 1.807) is 0 Å². The molecule has 0 fully saturated rings. The maximum Gasteiger partial charge on any atom is 0.164 e. The van der Waals surface area contributed by atoms with E-state index in [0.717, 1.165) is 95.2 Å². The minimum Gasteiger partial charge on any atom is -0.309 e. The zero-order chi connectivity index (χ0) is 99.1. The van der Waals surface area contributed by atoms with Crippen molar-refractivity contribution in [1.29, 1.82) is 0 Å². The van der Waals surface area contributed by atoms with Crippen LogP contribution in [-0.2, 0) is 0 Å². The third kappa shape index (κ3) is 15.9. The summed E-state index contributed by atoms with van der Waals surface area (Å²) in [5, 5.41) is 15.1. The molecule has 150 heavy (non-hydrogen) atoms. The van der Waals surface area contributed by atoms with Crippen molar-refractivity contribution in [3.05, 3.63) is 522 Å². The van der Waals surface area contributed by atoms with Gasteiger partial charge in [0.1, 0.15) is 0 Å². The minimum absolute atomic E-state index is 0.633. The van der Waals surface area contributed by atoms with Gasteiger partial charge in [-0.1, -0.05) is 388 Å². The van der Waals surface area contributed by atoms with Crippen molar-refractivity contribution < 1.29 is 0 Å². The van der Waals surface area contributed by atoms with Crippen LogP contribution in [0.5, 0.6) is 0 Å². The first-order valence-electron chi connectivity index (χ1n) is 50.3. The highest BCUT2D eigenvalue weighted by Gasteiger charge is 2.25. The molecular formula is C136H86N12S2. The average Bonchev–Trinajstić information content (AvgIpc) is 1.63. The minimum atomic E-state index is 0.633. The van der Waals surface area contributed by atoms with E-state index in [2.05, 4.69) is 407 Å². The van der Waals surface area contributed by atoms with Gasteiger partial charge in [-0.05, 0) is 156 Å². The van der Waals surface area contributed by atoms with Crippen molar-refractivity contribution in [2.24, 2.45) is 0 Å². The second-order valence-corrected chi connectivity index (χ2v) is 39.7. The molecule has 14 heteroatoms. The Bertz CT molecular complexity index is 10200. The van der Waals surface area contributed by atoms with Crippen molar-refractivity contribution in [3.63, 3.8) is 0 Å². The highest BCUT2D eigenvalue weighted by atomic mass is 32.1. The summed E-state index contributed by atoms with van der Waals surface area (Å²) < 4.78 is 14.8. The van der Waals surface area contributed by atoms with Crippen LogP contribution in [0.25, 0.3) is 275 Å². The number of benzene rings is 21. The molecule has 0 N–H and O–H groups in total. The Hall–Kier alpha value is -19.6. The number of rotatable bonds is 15. The lowest BCUT2D eigenvalue weighted by Crippen LogP contribution is -2.01. The summed E-state index contributed by atoms with van der Waals surface area (Å²) in [6.45, 7) is 0. The topological polar surface area (TPSA) is 123 Å². The second-order valence-electron chi connectivity index (χ2n) is 37.6. The fourth-order valence-electron chi connectivity index (χ4n) is 21.7. The van der Waals surface area contributed by atoms with Crippen LogP contribution in [0.4, 0.5) is 0 Å². The summed E-state index contributed by atoms with van der Waals surface area (Å²) in [7, 11) is 0. The molecule has 0 spiro atoms. The van der Waals surface area contributed by atoms with Crippen LogP contribution in [0.15, 0.2) is 522 Å². The molecule has 12 nitrogen and oxygen atoms in total. The highest BCUT2D eigenvalue weighted by Crippen LogP contribution is 2.47. The van der Waals surface area contributed by atoms with Gasteiger partial charge in [-0.3, -0.25) is 0 Å². The monoisotopic (exact) mass is 1950 g/mol. The Kier molecular flexibility index (Phi) is 22.0. The predicted molar refractivity (Wildman–Crippen MR) is 625 cm³/mol. The fourth-order valence-corrected chi connectivity index (χ4v) is 24.1. The van der Waals surface area contributed by atoms with Gasteiger partial charge < -0.3 is 18.3 Å². The van der Waals surface area contributed by atoms with Gasteiger partial charge in [-0.2, -0.15) is 0 Å². The second kappa shape index (κ2) is 37.5. The van der Waals surface area contributed by atoms with E-state index in [9.17, 15) is 0 Å². The van der Waals surface area contributed by atoms with Crippen molar-refractivity contribution in [3.8, 4) is 147 Å². The van der Waals surface area contributed by atoms with Gasteiger partial charge in [0.2, 0.25) is 0 Å².